The Bertz CT molecular complexity index is 373. The highest BCUT2D eigenvalue weighted by atomic mass is 35.5. The molecular weight excluding hydrogens is 207 g/mol. The van der Waals surface area contributed by atoms with Crippen molar-refractivity contribution in [3.63, 3.8) is 0 Å². The number of aliphatic hydroxyl groups is 1. The lowest BCUT2D eigenvalue weighted by molar-refractivity contribution is 0.147. The average molecular weight is 217 g/mol. The fourth-order valence-corrected chi connectivity index (χ4v) is 1.86. The Morgan fingerprint density at radius 3 is 2.57 bits per heavy atom. The zero-order valence-corrected chi connectivity index (χ0v) is 8.40. The molecule has 1 aromatic carbocycles. The predicted molar refractivity (Wildman–Crippen MR) is 50.9 cm³/mol. The molecule has 4 heteroatoms. The smallest absolute Gasteiger partial charge is 0.165 e. The molecule has 1 aromatic rings. The maximum Gasteiger partial charge on any atom is 0.165 e. The highest BCUT2D eigenvalue weighted by Gasteiger charge is 2.46. The number of benzene rings is 1. The Morgan fingerprint density at radius 1 is 1.50 bits per heavy atom. The van der Waals surface area contributed by atoms with Crippen LogP contribution in [0.5, 0.6) is 5.75 Å². The number of hydrogen-bond acceptors (Lipinski definition) is 2. The minimum Gasteiger partial charge on any atom is -0.505 e. The van der Waals surface area contributed by atoms with Gasteiger partial charge in [-0.15, -0.1) is 0 Å². The van der Waals surface area contributed by atoms with Gasteiger partial charge in [0.05, 0.1) is 10.6 Å². The highest BCUT2D eigenvalue weighted by Crippen LogP contribution is 2.52. The van der Waals surface area contributed by atoms with Gasteiger partial charge >= 0.3 is 0 Å². The van der Waals surface area contributed by atoms with E-state index in [-0.39, 0.29) is 10.6 Å². The number of rotatable bonds is 1. The lowest BCUT2D eigenvalue weighted by atomic mass is 10.0. The van der Waals surface area contributed by atoms with E-state index in [1.165, 1.54) is 0 Å². The summed E-state index contributed by atoms with van der Waals surface area (Å²) in [6.07, 6.45) is 1.03. The number of halogens is 2. The van der Waals surface area contributed by atoms with Gasteiger partial charge in [0.25, 0.3) is 0 Å². The van der Waals surface area contributed by atoms with Crippen LogP contribution in [0.3, 0.4) is 0 Å². The van der Waals surface area contributed by atoms with E-state index >= 15 is 0 Å². The summed E-state index contributed by atoms with van der Waals surface area (Å²) in [6.45, 7) is 1.64. The van der Waals surface area contributed by atoms with Gasteiger partial charge in [0.1, 0.15) is 0 Å². The first-order chi connectivity index (χ1) is 6.46. The van der Waals surface area contributed by atoms with Crippen molar-refractivity contribution in [2.75, 3.05) is 0 Å². The van der Waals surface area contributed by atoms with Crippen molar-refractivity contribution in [2.45, 2.75) is 25.4 Å². The van der Waals surface area contributed by atoms with Gasteiger partial charge in [0.15, 0.2) is 11.6 Å². The largest absolute Gasteiger partial charge is 0.505 e. The molecule has 1 fully saturated rings. The van der Waals surface area contributed by atoms with Gasteiger partial charge in [-0.2, -0.15) is 0 Å². The fraction of sp³-hybridized carbons (Fsp3) is 0.400. The number of phenols is 1. The summed E-state index contributed by atoms with van der Waals surface area (Å²) in [5.41, 5.74) is -0.456. The van der Waals surface area contributed by atoms with Gasteiger partial charge in [-0.3, -0.25) is 0 Å². The summed E-state index contributed by atoms with van der Waals surface area (Å²) in [6, 6.07) is 1.16. The summed E-state index contributed by atoms with van der Waals surface area (Å²) in [7, 11) is 0. The molecule has 0 aliphatic heterocycles. The third-order valence-electron chi connectivity index (χ3n) is 2.56. The van der Waals surface area contributed by atoms with E-state index in [0.717, 1.165) is 6.07 Å². The topological polar surface area (TPSA) is 40.5 Å². The normalized spacial score (nSPS) is 18.3. The van der Waals surface area contributed by atoms with E-state index in [0.29, 0.717) is 18.4 Å². The summed E-state index contributed by atoms with van der Waals surface area (Å²) in [5.74, 6) is -1.26. The number of hydrogen-bond donors (Lipinski definition) is 2. The van der Waals surface area contributed by atoms with Gasteiger partial charge in [-0.25, -0.2) is 4.39 Å². The summed E-state index contributed by atoms with van der Waals surface area (Å²) in [5, 5.41) is 19.5. The molecule has 14 heavy (non-hydrogen) atoms. The monoisotopic (exact) mass is 216 g/mol. The van der Waals surface area contributed by atoms with Crippen molar-refractivity contribution < 1.29 is 14.6 Å². The molecule has 0 unspecified atom stereocenters. The molecule has 0 amide bonds. The van der Waals surface area contributed by atoms with E-state index in [1.54, 1.807) is 6.92 Å². The Hall–Kier alpha value is -0.800. The number of aryl methyl sites for hydroxylation is 1. The molecule has 0 atom stereocenters. The minimum atomic E-state index is -1.12. The molecule has 2 nitrogen and oxygen atoms in total. The summed E-state index contributed by atoms with van der Waals surface area (Å²) >= 11 is 5.91. The quantitative estimate of drug-likeness (QED) is 0.757. The standard InChI is InChI=1S/C10H10ClFO2/c1-5-4-6(12)9(13)7(8(5)11)10(14)2-3-10/h4,13-14H,2-3H2,1H3. The van der Waals surface area contributed by atoms with Gasteiger partial charge in [-0.05, 0) is 31.4 Å². The number of aromatic hydroxyl groups is 1. The van der Waals surface area contributed by atoms with Crippen LogP contribution in [0.1, 0.15) is 24.0 Å². The molecule has 0 spiro atoms. The second-order valence-electron chi connectivity index (χ2n) is 3.74. The lowest BCUT2D eigenvalue weighted by Crippen LogP contribution is -2.07. The van der Waals surface area contributed by atoms with Crippen LogP contribution in [-0.4, -0.2) is 10.2 Å². The van der Waals surface area contributed by atoms with Crippen LogP contribution in [0.4, 0.5) is 4.39 Å². The molecule has 1 aliphatic rings. The molecule has 0 radical (unpaired) electrons. The van der Waals surface area contributed by atoms with Crippen molar-refractivity contribution in [3.05, 3.63) is 28.0 Å². The molecule has 0 heterocycles. The Balaban J connectivity index is 2.68. The third kappa shape index (κ3) is 1.28. The van der Waals surface area contributed by atoms with E-state index in [9.17, 15) is 14.6 Å². The molecule has 0 saturated heterocycles. The summed E-state index contributed by atoms with van der Waals surface area (Å²) < 4.78 is 13.2. The first-order valence-corrected chi connectivity index (χ1v) is 4.74. The summed E-state index contributed by atoms with van der Waals surface area (Å²) in [4.78, 5) is 0. The molecule has 2 rings (SSSR count). The first-order valence-electron chi connectivity index (χ1n) is 4.36. The van der Waals surface area contributed by atoms with Crippen molar-refractivity contribution in [1.29, 1.82) is 0 Å². The van der Waals surface area contributed by atoms with Crippen molar-refractivity contribution in [2.24, 2.45) is 0 Å². The van der Waals surface area contributed by atoms with Gasteiger partial charge < -0.3 is 10.2 Å². The molecule has 76 valence electrons. The lowest BCUT2D eigenvalue weighted by Gasteiger charge is -2.14. The molecule has 1 saturated carbocycles. The van der Waals surface area contributed by atoms with Gasteiger partial charge in [-0.1, -0.05) is 11.6 Å². The zero-order valence-electron chi connectivity index (χ0n) is 7.64. The maximum absolute atomic E-state index is 13.2. The zero-order chi connectivity index (χ0) is 10.5. The van der Waals surface area contributed by atoms with E-state index in [2.05, 4.69) is 0 Å². The molecule has 2 N–H and O–H groups in total. The van der Waals surface area contributed by atoms with Crippen LogP contribution in [-0.2, 0) is 5.60 Å². The molecule has 0 aromatic heterocycles. The fourth-order valence-electron chi connectivity index (χ4n) is 1.54. The van der Waals surface area contributed by atoms with E-state index in [4.69, 9.17) is 11.6 Å². The minimum absolute atomic E-state index is 0.136. The Kier molecular flexibility index (Phi) is 1.98. The van der Waals surface area contributed by atoms with Crippen LogP contribution < -0.4 is 0 Å². The van der Waals surface area contributed by atoms with Gasteiger partial charge in [0.2, 0.25) is 0 Å². The maximum atomic E-state index is 13.2. The van der Waals surface area contributed by atoms with Crippen LogP contribution >= 0.6 is 11.6 Å². The van der Waals surface area contributed by atoms with Gasteiger partial charge in [0, 0.05) is 5.56 Å². The SMILES string of the molecule is Cc1cc(F)c(O)c(C2(O)CC2)c1Cl. The predicted octanol–water partition coefficient (Wildman–Crippen LogP) is 2.47. The van der Waals surface area contributed by atoms with Crippen LogP contribution in [0.15, 0.2) is 6.07 Å². The van der Waals surface area contributed by atoms with Crippen molar-refractivity contribution in [1.82, 2.24) is 0 Å². The highest BCUT2D eigenvalue weighted by molar-refractivity contribution is 6.32. The van der Waals surface area contributed by atoms with Crippen LogP contribution in [0, 0.1) is 12.7 Å². The Morgan fingerprint density at radius 2 is 2.07 bits per heavy atom. The average Bonchev–Trinajstić information content (AvgIpc) is 2.81. The molecule has 0 bridgehead atoms. The van der Waals surface area contributed by atoms with Crippen LogP contribution in [0.25, 0.3) is 0 Å². The van der Waals surface area contributed by atoms with E-state index < -0.39 is 17.2 Å². The molecule has 1 aliphatic carbocycles. The van der Waals surface area contributed by atoms with E-state index in [1.807, 2.05) is 0 Å². The number of phenolic OH excluding ortho intramolecular Hbond substituents is 1. The second-order valence-corrected chi connectivity index (χ2v) is 4.12. The third-order valence-corrected chi connectivity index (χ3v) is 3.05. The van der Waals surface area contributed by atoms with Crippen molar-refractivity contribution >= 4 is 11.6 Å². The molecular formula is C10H10ClFO2. The van der Waals surface area contributed by atoms with Crippen LogP contribution in [0.2, 0.25) is 5.02 Å². The Labute approximate surface area is 85.9 Å². The van der Waals surface area contributed by atoms with Crippen molar-refractivity contribution in [3.8, 4) is 5.75 Å². The first kappa shape index (κ1) is 9.74. The second kappa shape index (κ2) is 2.84.